The Labute approximate surface area is 126 Å². The summed E-state index contributed by atoms with van der Waals surface area (Å²) in [6.07, 6.45) is 0.494. The molecule has 4 heteroatoms. The van der Waals surface area contributed by atoms with Crippen molar-refractivity contribution in [2.45, 2.75) is 60.4 Å². The third-order valence-corrected chi connectivity index (χ3v) is 4.40. The van der Waals surface area contributed by atoms with Gasteiger partial charge in [0.1, 0.15) is 0 Å². The van der Waals surface area contributed by atoms with Crippen LogP contribution in [0.25, 0.3) is 0 Å². The van der Waals surface area contributed by atoms with Crippen LogP contribution in [0.4, 0.5) is 0 Å². The Morgan fingerprint density at radius 3 is 1.81 bits per heavy atom. The van der Waals surface area contributed by atoms with Crippen molar-refractivity contribution in [2.24, 2.45) is 0 Å². The molecule has 0 aliphatic carbocycles. The number of amides is 1. The van der Waals surface area contributed by atoms with Gasteiger partial charge < -0.3 is 10.4 Å². The van der Waals surface area contributed by atoms with Gasteiger partial charge in [-0.15, -0.1) is 0 Å². The van der Waals surface area contributed by atoms with Gasteiger partial charge >= 0.3 is 5.97 Å². The lowest BCUT2D eigenvalue weighted by molar-refractivity contribution is -0.137. The maximum Gasteiger partial charge on any atom is 0.303 e. The predicted molar refractivity (Wildman–Crippen MR) is 83.9 cm³/mol. The van der Waals surface area contributed by atoms with Crippen LogP contribution >= 0.6 is 0 Å². The van der Waals surface area contributed by atoms with E-state index in [1.807, 2.05) is 34.6 Å². The first-order valence-corrected chi connectivity index (χ1v) is 7.26. The number of carboxylic acids is 1. The molecule has 0 aromatic heterocycles. The summed E-state index contributed by atoms with van der Waals surface area (Å²) in [6.45, 7) is 11.9. The fourth-order valence-corrected chi connectivity index (χ4v) is 2.55. The van der Waals surface area contributed by atoms with E-state index in [1.54, 1.807) is 0 Å². The van der Waals surface area contributed by atoms with Gasteiger partial charge in [0.15, 0.2) is 0 Å². The lowest BCUT2D eigenvalue weighted by Gasteiger charge is -2.20. The number of carbonyl (C=O) groups excluding carboxylic acids is 1. The summed E-state index contributed by atoms with van der Waals surface area (Å²) in [5, 5.41) is 11.6. The standard InChI is InChI=1S/C17H25NO3/c1-9(7-8-15(19)20)18-17(21)16-13(5)11(3)10(2)12(4)14(16)6/h9H,7-8H2,1-6H3,(H,18,21)(H,19,20). The highest BCUT2D eigenvalue weighted by Crippen LogP contribution is 2.26. The van der Waals surface area contributed by atoms with Crippen molar-refractivity contribution in [3.05, 3.63) is 33.4 Å². The minimum Gasteiger partial charge on any atom is -0.481 e. The minimum atomic E-state index is -0.842. The van der Waals surface area contributed by atoms with E-state index in [0.29, 0.717) is 6.42 Å². The minimum absolute atomic E-state index is 0.0609. The van der Waals surface area contributed by atoms with Crippen LogP contribution in [-0.4, -0.2) is 23.0 Å². The second-order valence-corrected chi connectivity index (χ2v) is 5.81. The monoisotopic (exact) mass is 291 g/mol. The molecule has 0 bridgehead atoms. The first-order chi connectivity index (χ1) is 9.66. The summed E-state index contributed by atoms with van der Waals surface area (Å²) in [4.78, 5) is 23.1. The van der Waals surface area contributed by atoms with E-state index in [2.05, 4.69) is 12.2 Å². The highest BCUT2D eigenvalue weighted by molar-refractivity contribution is 5.98. The van der Waals surface area contributed by atoms with E-state index >= 15 is 0 Å². The average Bonchev–Trinajstić information content (AvgIpc) is 2.41. The van der Waals surface area contributed by atoms with Crippen LogP contribution in [0.3, 0.4) is 0 Å². The molecule has 1 aromatic carbocycles. The Balaban J connectivity index is 3.01. The van der Waals surface area contributed by atoms with E-state index in [-0.39, 0.29) is 18.4 Å². The number of benzene rings is 1. The topological polar surface area (TPSA) is 66.4 Å². The van der Waals surface area contributed by atoms with Gasteiger partial charge in [-0.1, -0.05) is 0 Å². The zero-order valence-corrected chi connectivity index (χ0v) is 13.8. The predicted octanol–water partition coefficient (Wildman–Crippen LogP) is 3.21. The molecule has 0 aliphatic rings. The van der Waals surface area contributed by atoms with Crippen molar-refractivity contribution in [1.29, 1.82) is 0 Å². The number of carbonyl (C=O) groups is 2. The van der Waals surface area contributed by atoms with E-state index in [1.165, 1.54) is 5.56 Å². The van der Waals surface area contributed by atoms with Gasteiger partial charge in [0.05, 0.1) is 0 Å². The van der Waals surface area contributed by atoms with Crippen molar-refractivity contribution < 1.29 is 14.7 Å². The lowest BCUT2D eigenvalue weighted by atomic mass is 9.89. The first kappa shape index (κ1) is 17.2. The average molecular weight is 291 g/mol. The molecule has 1 atom stereocenters. The van der Waals surface area contributed by atoms with Gasteiger partial charge in [0.25, 0.3) is 5.91 Å². The normalized spacial score (nSPS) is 12.1. The molecule has 1 rings (SSSR count). The summed E-state index contributed by atoms with van der Waals surface area (Å²) < 4.78 is 0. The fraction of sp³-hybridized carbons (Fsp3) is 0.529. The SMILES string of the molecule is Cc1c(C)c(C)c(C(=O)NC(C)CCC(=O)O)c(C)c1C. The largest absolute Gasteiger partial charge is 0.481 e. The van der Waals surface area contributed by atoms with Crippen LogP contribution < -0.4 is 5.32 Å². The smallest absolute Gasteiger partial charge is 0.303 e. The summed E-state index contributed by atoms with van der Waals surface area (Å²) in [5.74, 6) is -0.959. The number of hydrogen-bond donors (Lipinski definition) is 2. The number of carboxylic acid groups (broad SMARTS) is 1. The van der Waals surface area contributed by atoms with E-state index in [9.17, 15) is 9.59 Å². The van der Waals surface area contributed by atoms with E-state index < -0.39 is 5.97 Å². The second-order valence-electron chi connectivity index (χ2n) is 5.81. The lowest BCUT2D eigenvalue weighted by Crippen LogP contribution is -2.34. The number of nitrogens with one attached hydrogen (secondary N) is 1. The summed E-state index contributed by atoms with van der Waals surface area (Å²) >= 11 is 0. The van der Waals surface area contributed by atoms with Gasteiger partial charge in [-0.25, -0.2) is 0 Å². The molecule has 2 N–H and O–H groups in total. The molecule has 4 nitrogen and oxygen atoms in total. The van der Waals surface area contributed by atoms with Gasteiger partial charge in [0, 0.05) is 18.0 Å². The van der Waals surface area contributed by atoms with Crippen LogP contribution in [0, 0.1) is 34.6 Å². The highest BCUT2D eigenvalue weighted by atomic mass is 16.4. The molecule has 0 aliphatic heterocycles. The highest BCUT2D eigenvalue weighted by Gasteiger charge is 2.19. The summed E-state index contributed by atoms with van der Waals surface area (Å²) in [7, 11) is 0. The van der Waals surface area contributed by atoms with Crippen molar-refractivity contribution in [2.75, 3.05) is 0 Å². The molecule has 0 saturated heterocycles. The zero-order chi connectivity index (χ0) is 16.3. The van der Waals surface area contributed by atoms with Gasteiger partial charge in [-0.3, -0.25) is 9.59 Å². The van der Waals surface area contributed by atoms with Gasteiger partial charge in [-0.05, 0) is 75.8 Å². The molecule has 1 aromatic rings. The molecule has 116 valence electrons. The van der Waals surface area contributed by atoms with Gasteiger partial charge in [-0.2, -0.15) is 0 Å². The molecule has 0 heterocycles. The van der Waals surface area contributed by atoms with Crippen molar-refractivity contribution in [1.82, 2.24) is 5.32 Å². The molecule has 0 radical (unpaired) electrons. The van der Waals surface area contributed by atoms with E-state index in [4.69, 9.17) is 5.11 Å². The third-order valence-electron chi connectivity index (χ3n) is 4.40. The third kappa shape index (κ3) is 3.84. The Morgan fingerprint density at radius 1 is 0.952 bits per heavy atom. The first-order valence-electron chi connectivity index (χ1n) is 7.26. The number of rotatable bonds is 5. The molecule has 0 saturated carbocycles. The van der Waals surface area contributed by atoms with Crippen LogP contribution in [0.1, 0.15) is 57.9 Å². The van der Waals surface area contributed by atoms with Crippen LogP contribution in [0.5, 0.6) is 0 Å². The molecule has 1 unspecified atom stereocenters. The second kappa shape index (κ2) is 6.74. The van der Waals surface area contributed by atoms with Crippen LogP contribution in [-0.2, 0) is 4.79 Å². The Bertz CT molecular complexity index is 547. The van der Waals surface area contributed by atoms with Crippen molar-refractivity contribution >= 4 is 11.9 Å². The number of hydrogen-bond acceptors (Lipinski definition) is 2. The van der Waals surface area contributed by atoms with Crippen molar-refractivity contribution in [3.63, 3.8) is 0 Å². The molecule has 0 spiro atoms. The van der Waals surface area contributed by atoms with Crippen LogP contribution in [0.15, 0.2) is 0 Å². The fourth-order valence-electron chi connectivity index (χ4n) is 2.55. The Morgan fingerprint density at radius 2 is 1.38 bits per heavy atom. The summed E-state index contributed by atoms with van der Waals surface area (Å²) in [5.41, 5.74) is 6.22. The molecule has 1 amide bonds. The van der Waals surface area contributed by atoms with Gasteiger partial charge in [0.2, 0.25) is 0 Å². The molecular formula is C17H25NO3. The zero-order valence-electron chi connectivity index (χ0n) is 13.8. The summed E-state index contributed by atoms with van der Waals surface area (Å²) in [6, 6.07) is -0.158. The quantitative estimate of drug-likeness (QED) is 0.875. The van der Waals surface area contributed by atoms with E-state index in [0.717, 1.165) is 27.8 Å². The molecule has 21 heavy (non-hydrogen) atoms. The number of aliphatic carboxylic acids is 1. The Hall–Kier alpha value is -1.84. The Kier molecular flexibility index (Phi) is 5.53. The maximum atomic E-state index is 12.5. The maximum absolute atomic E-state index is 12.5. The van der Waals surface area contributed by atoms with Crippen LogP contribution in [0.2, 0.25) is 0 Å². The van der Waals surface area contributed by atoms with Crippen molar-refractivity contribution in [3.8, 4) is 0 Å². The molecule has 0 fully saturated rings. The molecular weight excluding hydrogens is 266 g/mol.